The smallest absolute Gasteiger partial charge is 0.258 e. The van der Waals surface area contributed by atoms with Gasteiger partial charge in [0.2, 0.25) is 11.8 Å². The van der Waals surface area contributed by atoms with E-state index in [-0.39, 0.29) is 36.8 Å². The van der Waals surface area contributed by atoms with Crippen LogP contribution in [0.2, 0.25) is 0 Å². The van der Waals surface area contributed by atoms with E-state index in [0.717, 1.165) is 19.4 Å². The highest BCUT2D eigenvalue weighted by Gasteiger charge is 2.42. The number of hydrogen-bond donors (Lipinski definition) is 2. The fourth-order valence-electron chi connectivity index (χ4n) is 3.94. The lowest BCUT2D eigenvalue weighted by Gasteiger charge is -2.38. The molecule has 150 valence electrons. The molecule has 1 spiro atoms. The molecule has 2 saturated heterocycles. The van der Waals surface area contributed by atoms with Crippen LogP contribution in [0.1, 0.15) is 42.5 Å². The molecule has 0 saturated carbocycles. The van der Waals surface area contributed by atoms with Crippen molar-refractivity contribution in [2.75, 3.05) is 26.2 Å². The molecule has 3 aliphatic rings. The number of nitrogens with zero attached hydrogens (tertiary/aromatic N) is 1. The summed E-state index contributed by atoms with van der Waals surface area (Å²) in [6.45, 7) is 1.56. The molecule has 1 aromatic carbocycles. The van der Waals surface area contributed by atoms with Gasteiger partial charge in [0.25, 0.3) is 5.91 Å². The van der Waals surface area contributed by atoms with E-state index in [9.17, 15) is 14.4 Å². The summed E-state index contributed by atoms with van der Waals surface area (Å²) in [5, 5.41) is 5.77. The Morgan fingerprint density at radius 1 is 1.29 bits per heavy atom. The summed E-state index contributed by atoms with van der Waals surface area (Å²) < 4.78 is 11.6. The van der Waals surface area contributed by atoms with Crippen LogP contribution in [0.5, 0.6) is 5.75 Å². The van der Waals surface area contributed by atoms with Crippen molar-refractivity contribution in [2.24, 2.45) is 0 Å². The van der Waals surface area contributed by atoms with Crippen molar-refractivity contribution in [3.63, 3.8) is 0 Å². The van der Waals surface area contributed by atoms with E-state index in [4.69, 9.17) is 9.47 Å². The number of carbonyl (C=O) groups excluding carboxylic acids is 3. The topological polar surface area (TPSA) is 97.0 Å². The Balaban J connectivity index is 1.36. The van der Waals surface area contributed by atoms with Gasteiger partial charge in [-0.25, -0.2) is 0 Å². The summed E-state index contributed by atoms with van der Waals surface area (Å²) in [4.78, 5) is 38.8. The Hall–Kier alpha value is -2.61. The monoisotopic (exact) mass is 387 g/mol. The molecule has 3 heterocycles. The Morgan fingerprint density at radius 3 is 2.96 bits per heavy atom. The average Bonchev–Trinajstić information content (AvgIpc) is 3.17. The van der Waals surface area contributed by atoms with Crippen LogP contribution >= 0.6 is 0 Å². The van der Waals surface area contributed by atoms with Crippen LogP contribution in [-0.4, -0.2) is 60.7 Å². The van der Waals surface area contributed by atoms with Crippen LogP contribution < -0.4 is 15.4 Å². The quantitative estimate of drug-likeness (QED) is 0.797. The van der Waals surface area contributed by atoms with E-state index in [2.05, 4.69) is 10.6 Å². The molecule has 1 aromatic rings. The first-order valence-corrected chi connectivity index (χ1v) is 9.81. The lowest BCUT2D eigenvalue weighted by Crippen LogP contribution is -2.56. The first kappa shape index (κ1) is 18.7. The second-order valence-corrected chi connectivity index (χ2v) is 7.55. The zero-order valence-corrected chi connectivity index (χ0v) is 15.7. The number of amides is 3. The van der Waals surface area contributed by atoms with Gasteiger partial charge in [0.05, 0.1) is 18.2 Å². The third kappa shape index (κ3) is 3.96. The van der Waals surface area contributed by atoms with E-state index in [1.165, 1.54) is 4.90 Å². The summed E-state index contributed by atoms with van der Waals surface area (Å²) in [6, 6.07) is 7.08. The maximum atomic E-state index is 12.5. The highest BCUT2D eigenvalue weighted by molar-refractivity contribution is 5.98. The Kier molecular flexibility index (Phi) is 5.21. The lowest BCUT2D eigenvalue weighted by molar-refractivity contribution is -0.135. The number of rotatable bonds is 4. The van der Waals surface area contributed by atoms with E-state index in [1.807, 2.05) is 6.07 Å². The van der Waals surface area contributed by atoms with Gasteiger partial charge in [-0.05, 0) is 25.0 Å². The molecule has 0 unspecified atom stereocenters. The zero-order valence-electron chi connectivity index (χ0n) is 15.7. The first-order valence-electron chi connectivity index (χ1n) is 9.81. The molecule has 0 bridgehead atoms. The molecular formula is C20H25N3O5. The van der Waals surface area contributed by atoms with Crippen LogP contribution in [0, 0.1) is 0 Å². The van der Waals surface area contributed by atoms with Crippen LogP contribution in [-0.2, 0) is 14.3 Å². The van der Waals surface area contributed by atoms with E-state index in [0.29, 0.717) is 37.2 Å². The van der Waals surface area contributed by atoms with Crippen molar-refractivity contribution in [3.05, 3.63) is 29.8 Å². The number of ether oxygens (including phenoxy) is 2. The molecule has 4 rings (SSSR count). The lowest BCUT2D eigenvalue weighted by atomic mass is 10.0. The molecule has 0 radical (unpaired) electrons. The third-order valence-electron chi connectivity index (χ3n) is 5.54. The van der Waals surface area contributed by atoms with Gasteiger partial charge in [-0.1, -0.05) is 12.1 Å². The number of benzene rings is 1. The summed E-state index contributed by atoms with van der Waals surface area (Å²) in [5.74, 6) is 0.0260. The normalized spacial score (nSPS) is 27.0. The van der Waals surface area contributed by atoms with Crippen molar-refractivity contribution in [1.29, 1.82) is 0 Å². The fourth-order valence-corrected chi connectivity index (χ4v) is 3.94. The van der Waals surface area contributed by atoms with Crippen molar-refractivity contribution >= 4 is 17.7 Å². The molecule has 2 N–H and O–H groups in total. The van der Waals surface area contributed by atoms with E-state index in [1.54, 1.807) is 18.2 Å². The average molecular weight is 387 g/mol. The van der Waals surface area contributed by atoms with Gasteiger partial charge in [0.15, 0.2) is 5.72 Å². The minimum Gasteiger partial charge on any atom is -0.467 e. The fraction of sp³-hybridized carbons (Fsp3) is 0.550. The molecule has 8 nitrogen and oxygen atoms in total. The number of fused-ring (bicyclic) bond motifs is 1. The van der Waals surface area contributed by atoms with Crippen LogP contribution in [0.3, 0.4) is 0 Å². The van der Waals surface area contributed by atoms with Crippen molar-refractivity contribution in [1.82, 2.24) is 15.5 Å². The summed E-state index contributed by atoms with van der Waals surface area (Å²) in [6.07, 6.45) is 3.05. The third-order valence-corrected chi connectivity index (χ3v) is 5.54. The number of hydrogen-bond acceptors (Lipinski definition) is 5. The maximum Gasteiger partial charge on any atom is 0.258 e. The maximum absolute atomic E-state index is 12.5. The number of carbonyl (C=O) groups is 3. The zero-order chi connectivity index (χ0) is 19.6. The molecular weight excluding hydrogens is 362 g/mol. The van der Waals surface area contributed by atoms with E-state index < -0.39 is 5.72 Å². The highest BCUT2D eigenvalue weighted by atomic mass is 16.5. The van der Waals surface area contributed by atoms with Gasteiger partial charge in [0, 0.05) is 39.0 Å². The van der Waals surface area contributed by atoms with Crippen LogP contribution in [0.15, 0.2) is 24.3 Å². The van der Waals surface area contributed by atoms with Gasteiger partial charge < -0.3 is 25.0 Å². The molecule has 3 amide bonds. The predicted molar refractivity (Wildman–Crippen MR) is 99.7 cm³/mol. The minimum atomic E-state index is -0.913. The standard InChI is InChI=1S/C20H25N3O5/c24-17(21-12-14-4-3-11-27-14)13-23-10-9-20(8-7-18(23)25)22-19(26)15-5-1-2-6-16(15)28-20/h1-2,5-6,14H,3-4,7-13H2,(H,21,24)(H,22,26)/t14-,20-/m1/s1. The van der Waals surface area contributed by atoms with Crippen molar-refractivity contribution in [2.45, 2.75) is 43.9 Å². The minimum absolute atomic E-state index is 0.00612. The van der Waals surface area contributed by atoms with Gasteiger partial charge in [0.1, 0.15) is 5.75 Å². The van der Waals surface area contributed by atoms with Crippen molar-refractivity contribution < 1.29 is 23.9 Å². The SMILES string of the molecule is O=C(CN1CC[C@]2(CCC1=O)NC(=O)c1ccccc1O2)NC[C@H]1CCCO1. The summed E-state index contributed by atoms with van der Waals surface area (Å²) >= 11 is 0. The number of para-hydroxylation sites is 1. The first-order chi connectivity index (χ1) is 13.5. The van der Waals surface area contributed by atoms with Gasteiger partial charge >= 0.3 is 0 Å². The summed E-state index contributed by atoms with van der Waals surface area (Å²) in [5.41, 5.74) is -0.418. The second kappa shape index (κ2) is 7.79. The molecule has 0 aliphatic carbocycles. The van der Waals surface area contributed by atoms with Crippen molar-refractivity contribution in [3.8, 4) is 5.75 Å². The highest BCUT2D eigenvalue weighted by Crippen LogP contribution is 2.33. The van der Waals surface area contributed by atoms with Gasteiger partial charge in [-0.15, -0.1) is 0 Å². The van der Waals surface area contributed by atoms with Gasteiger partial charge in [-0.2, -0.15) is 0 Å². The predicted octanol–water partition coefficient (Wildman–Crippen LogP) is 0.813. The van der Waals surface area contributed by atoms with Crippen LogP contribution in [0.25, 0.3) is 0 Å². The largest absolute Gasteiger partial charge is 0.467 e. The molecule has 0 aromatic heterocycles. The number of nitrogens with one attached hydrogen (secondary N) is 2. The Morgan fingerprint density at radius 2 is 2.14 bits per heavy atom. The molecule has 2 atom stereocenters. The van der Waals surface area contributed by atoms with Gasteiger partial charge in [-0.3, -0.25) is 14.4 Å². The van der Waals surface area contributed by atoms with Crippen LogP contribution in [0.4, 0.5) is 0 Å². The second-order valence-electron chi connectivity index (χ2n) is 7.55. The molecule has 28 heavy (non-hydrogen) atoms. The van der Waals surface area contributed by atoms with E-state index >= 15 is 0 Å². The molecule has 8 heteroatoms. The molecule has 3 aliphatic heterocycles. The Labute approximate surface area is 163 Å². The molecule has 2 fully saturated rings. The number of likely N-dealkylation sites (tertiary alicyclic amines) is 1. The Bertz CT molecular complexity index is 777. The summed E-state index contributed by atoms with van der Waals surface area (Å²) in [7, 11) is 0.